The van der Waals surface area contributed by atoms with E-state index in [0.29, 0.717) is 11.2 Å². The number of alkyl halides is 2. The SMILES string of the molecule is Cc1ncc(B2OC(C)(C)C(C)(C)O2)cc1C(C)(F)F. The van der Waals surface area contributed by atoms with E-state index in [1.54, 1.807) is 6.92 Å². The quantitative estimate of drug-likeness (QED) is 0.782. The summed E-state index contributed by atoms with van der Waals surface area (Å²) in [5.41, 5.74) is -0.261. The van der Waals surface area contributed by atoms with Gasteiger partial charge in [0.1, 0.15) is 0 Å². The van der Waals surface area contributed by atoms with Crippen molar-refractivity contribution in [2.75, 3.05) is 0 Å². The van der Waals surface area contributed by atoms with E-state index >= 15 is 0 Å². The predicted octanol–water partition coefficient (Wildman–Crippen LogP) is 2.80. The molecule has 1 aromatic heterocycles. The van der Waals surface area contributed by atoms with Crippen molar-refractivity contribution in [3.05, 3.63) is 23.5 Å². The van der Waals surface area contributed by atoms with Crippen molar-refractivity contribution >= 4 is 12.6 Å². The molecule has 0 unspecified atom stereocenters. The lowest BCUT2D eigenvalue weighted by atomic mass is 9.79. The Hall–Kier alpha value is -1.01. The number of aryl methyl sites for hydroxylation is 1. The maximum absolute atomic E-state index is 13.6. The summed E-state index contributed by atoms with van der Waals surface area (Å²) in [6.45, 7) is 10.1. The van der Waals surface area contributed by atoms with Gasteiger partial charge in [-0.2, -0.15) is 0 Å². The van der Waals surface area contributed by atoms with Crippen molar-refractivity contribution < 1.29 is 18.1 Å². The fourth-order valence-electron chi connectivity index (χ4n) is 2.10. The molecule has 0 spiro atoms. The average molecular weight is 283 g/mol. The third-order valence-corrected chi connectivity index (χ3v) is 4.11. The summed E-state index contributed by atoms with van der Waals surface area (Å²) in [5.74, 6) is -2.93. The molecule has 0 bridgehead atoms. The Balaban J connectivity index is 2.37. The Morgan fingerprint density at radius 3 is 2.10 bits per heavy atom. The van der Waals surface area contributed by atoms with E-state index in [4.69, 9.17) is 9.31 Å². The molecule has 20 heavy (non-hydrogen) atoms. The fourth-order valence-corrected chi connectivity index (χ4v) is 2.10. The minimum atomic E-state index is -2.93. The minimum absolute atomic E-state index is 0.0929. The number of halogens is 2. The first-order chi connectivity index (χ1) is 8.94. The van der Waals surface area contributed by atoms with Gasteiger partial charge in [0.15, 0.2) is 0 Å². The van der Waals surface area contributed by atoms with Crippen molar-refractivity contribution in [3.63, 3.8) is 0 Å². The second-order valence-corrected chi connectivity index (χ2v) is 6.38. The van der Waals surface area contributed by atoms with E-state index in [9.17, 15) is 8.78 Å². The van der Waals surface area contributed by atoms with E-state index in [2.05, 4.69) is 4.98 Å². The Kier molecular flexibility index (Phi) is 3.46. The number of pyridine rings is 1. The molecule has 0 radical (unpaired) electrons. The highest BCUT2D eigenvalue weighted by Gasteiger charge is 2.52. The molecule has 3 nitrogen and oxygen atoms in total. The monoisotopic (exact) mass is 283 g/mol. The van der Waals surface area contributed by atoms with Crippen LogP contribution in [-0.2, 0) is 15.2 Å². The van der Waals surface area contributed by atoms with Crippen LogP contribution >= 0.6 is 0 Å². The van der Waals surface area contributed by atoms with Gasteiger partial charge in [-0.15, -0.1) is 0 Å². The number of hydrogen-bond acceptors (Lipinski definition) is 3. The molecule has 1 aromatic rings. The molecule has 0 amide bonds. The summed E-state index contributed by atoms with van der Waals surface area (Å²) in [5, 5.41) is 0. The number of rotatable bonds is 2. The number of nitrogens with zero attached hydrogens (tertiary/aromatic N) is 1. The van der Waals surface area contributed by atoms with Gasteiger partial charge in [0, 0.05) is 29.8 Å². The molecule has 0 aliphatic carbocycles. The highest BCUT2D eigenvalue weighted by Crippen LogP contribution is 2.37. The summed E-state index contributed by atoms with van der Waals surface area (Å²) >= 11 is 0. The summed E-state index contributed by atoms with van der Waals surface area (Å²) in [6.07, 6.45) is 1.53. The van der Waals surface area contributed by atoms with Gasteiger partial charge < -0.3 is 9.31 Å². The van der Waals surface area contributed by atoms with E-state index in [0.717, 1.165) is 6.92 Å². The van der Waals surface area contributed by atoms with Crippen LogP contribution in [-0.4, -0.2) is 23.3 Å². The van der Waals surface area contributed by atoms with Gasteiger partial charge in [0.25, 0.3) is 5.92 Å². The molecular weight excluding hydrogens is 263 g/mol. The zero-order valence-electron chi connectivity index (χ0n) is 12.8. The van der Waals surface area contributed by atoms with Crippen LogP contribution in [0.3, 0.4) is 0 Å². The van der Waals surface area contributed by atoms with Crippen LogP contribution in [0.2, 0.25) is 0 Å². The maximum Gasteiger partial charge on any atom is 0.496 e. The molecule has 1 aliphatic heterocycles. The van der Waals surface area contributed by atoms with E-state index in [1.807, 2.05) is 27.7 Å². The van der Waals surface area contributed by atoms with Gasteiger partial charge in [0.05, 0.1) is 11.2 Å². The highest BCUT2D eigenvalue weighted by molar-refractivity contribution is 6.62. The average Bonchev–Trinajstić information content (AvgIpc) is 2.47. The van der Waals surface area contributed by atoms with Crippen molar-refractivity contribution in [2.45, 2.75) is 58.7 Å². The van der Waals surface area contributed by atoms with Crippen molar-refractivity contribution in [3.8, 4) is 0 Å². The number of aromatic nitrogens is 1. The van der Waals surface area contributed by atoms with Crippen LogP contribution in [0.4, 0.5) is 8.78 Å². The van der Waals surface area contributed by atoms with Crippen LogP contribution in [0.15, 0.2) is 12.3 Å². The summed E-state index contributed by atoms with van der Waals surface area (Å²) in [6, 6.07) is 1.42. The lowest BCUT2D eigenvalue weighted by molar-refractivity contribution is 0.00578. The lowest BCUT2D eigenvalue weighted by Crippen LogP contribution is -2.41. The first-order valence-corrected chi connectivity index (χ1v) is 6.64. The fraction of sp³-hybridized carbons (Fsp3) is 0.643. The molecule has 0 atom stereocenters. The van der Waals surface area contributed by atoms with Crippen molar-refractivity contribution in [1.82, 2.24) is 4.98 Å². The molecule has 2 heterocycles. The van der Waals surface area contributed by atoms with Crippen LogP contribution in [0.25, 0.3) is 0 Å². The lowest BCUT2D eigenvalue weighted by Gasteiger charge is -2.32. The third kappa shape index (κ3) is 2.59. The molecule has 0 N–H and O–H groups in total. The molecule has 1 fully saturated rings. The molecular formula is C14H20BF2NO2. The van der Waals surface area contributed by atoms with Crippen LogP contribution in [0.5, 0.6) is 0 Å². The van der Waals surface area contributed by atoms with Crippen LogP contribution in [0, 0.1) is 6.92 Å². The first kappa shape index (κ1) is 15.4. The Labute approximate surface area is 118 Å². The second kappa shape index (κ2) is 4.50. The van der Waals surface area contributed by atoms with Gasteiger partial charge in [-0.25, -0.2) is 8.78 Å². The predicted molar refractivity (Wildman–Crippen MR) is 74.3 cm³/mol. The normalized spacial score (nSPS) is 21.3. The molecule has 0 aromatic carbocycles. The summed E-state index contributed by atoms with van der Waals surface area (Å²) in [7, 11) is -0.672. The maximum atomic E-state index is 13.6. The van der Waals surface area contributed by atoms with Gasteiger partial charge in [0.2, 0.25) is 0 Å². The molecule has 1 aliphatic rings. The smallest absolute Gasteiger partial charge is 0.399 e. The van der Waals surface area contributed by atoms with E-state index in [1.165, 1.54) is 12.3 Å². The van der Waals surface area contributed by atoms with Gasteiger partial charge in [-0.1, -0.05) is 0 Å². The van der Waals surface area contributed by atoms with E-state index in [-0.39, 0.29) is 5.56 Å². The van der Waals surface area contributed by atoms with Gasteiger partial charge in [-0.3, -0.25) is 4.98 Å². The van der Waals surface area contributed by atoms with Crippen molar-refractivity contribution in [2.24, 2.45) is 0 Å². The Morgan fingerprint density at radius 2 is 1.65 bits per heavy atom. The largest absolute Gasteiger partial charge is 0.496 e. The topological polar surface area (TPSA) is 31.4 Å². The third-order valence-electron chi connectivity index (χ3n) is 4.11. The minimum Gasteiger partial charge on any atom is -0.399 e. The molecule has 6 heteroatoms. The Morgan fingerprint density at radius 1 is 1.15 bits per heavy atom. The van der Waals surface area contributed by atoms with E-state index < -0.39 is 24.2 Å². The first-order valence-electron chi connectivity index (χ1n) is 6.64. The Bertz CT molecular complexity index is 510. The molecule has 110 valence electrons. The molecule has 1 saturated heterocycles. The second-order valence-electron chi connectivity index (χ2n) is 6.38. The zero-order valence-corrected chi connectivity index (χ0v) is 12.8. The summed E-state index contributed by atoms with van der Waals surface area (Å²) in [4.78, 5) is 4.05. The molecule has 0 saturated carbocycles. The van der Waals surface area contributed by atoms with Crippen LogP contribution in [0.1, 0.15) is 45.9 Å². The zero-order chi connectivity index (χ0) is 15.3. The standard InChI is InChI=1S/C14H20BF2NO2/c1-9-11(14(6,16)17)7-10(8-18-9)15-19-12(2,3)13(4,5)20-15/h7-8H,1-6H3. The summed E-state index contributed by atoms with van der Waals surface area (Å²) < 4.78 is 38.8. The van der Waals surface area contributed by atoms with Crippen LogP contribution < -0.4 is 5.46 Å². The molecule has 2 rings (SSSR count). The van der Waals surface area contributed by atoms with Gasteiger partial charge >= 0.3 is 7.12 Å². The van der Waals surface area contributed by atoms with Crippen molar-refractivity contribution in [1.29, 1.82) is 0 Å². The van der Waals surface area contributed by atoms with Gasteiger partial charge in [-0.05, 0) is 40.7 Å². The highest BCUT2D eigenvalue weighted by atomic mass is 19.3. The number of hydrogen-bond donors (Lipinski definition) is 0.